The van der Waals surface area contributed by atoms with E-state index in [0.29, 0.717) is 13.2 Å². The first-order valence-electron chi connectivity index (χ1n) is 6.78. The molecule has 5 heteroatoms. The largest absolute Gasteiger partial charge is 0.346 e. The van der Waals surface area contributed by atoms with Crippen molar-refractivity contribution in [3.05, 3.63) is 41.0 Å². The Bertz CT molecular complexity index is 525. The molecule has 20 heavy (non-hydrogen) atoms. The molecule has 2 fully saturated rings. The van der Waals surface area contributed by atoms with Crippen LogP contribution >= 0.6 is 0 Å². The normalized spacial score (nSPS) is 18.8. The van der Waals surface area contributed by atoms with Crippen LogP contribution in [0.1, 0.15) is 18.8 Å². The highest BCUT2D eigenvalue weighted by Crippen LogP contribution is 2.24. The van der Waals surface area contributed by atoms with E-state index in [0.717, 1.165) is 29.9 Å². The Morgan fingerprint density at radius 3 is 2.40 bits per heavy atom. The molecule has 106 valence electrons. The summed E-state index contributed by atoms with van der Waals surface area (Å²) in [5.41, 5.74) is 3.73. The minimum Gasteiger partial charge on any atom is -0.346 e. The molecular weight excluding hydrogens is 256 g/mol. The Balaban J connectivity index is 1.64. The van der Waals surface area contributed by atoms with Gasteiger partial charge in [-0.15, -0.1) is 0 Å². The molecule has 3 rings (SSSR count). The predicted octanol–water partition coefficient (Wildman–Crippen LogP) is 1.59. The number of anilines is 1. The van der Waals surface area contributed by atoms with Gasteiger partial charge in [-0.2, -0.15) is 0 Å². The van der Waals surface area contributed by atoms with Crippen LogP contribution in [-0.2, 0) is 14.3 Å². The fourth-order valence-electron chi connectivity index (χ4n) is 2.18. The smallest absolute Gasteiger partial charge is 0.251 e. The Morgan fingerprint density at radius 1 is 1.20 bits per heavy atom. The maximum absolute atomic E-state index is 12.0. The van der Waals surface area contributed by atoms with Gasteiger partial charge in [0.1, 0.15) is 0 Å². The maximum atomic E-state index is 12.0. The SMILES string of the molecule is CC(C(=O)Nc1ccc(C2OCCO2)cc1)=C1CNC1. The van der Waals surface area contributed by atoms with Crippen molar-refractivity contribution in [1.29, 1.82) is 0 Å². The summed E-state index contributed by atoms with van der Waals surface area (Å²) in [6.07, 6.45) is -0.273. The van der Waals surface area contributed by atoms with Crippen LogP contribution in [0.2, 0.25) is 0 Å². The molecule has 2 aliphatic heterocycles. The maximum Gasteiger partial charge on any atom is 0.251 e. The fraction of sp³-hybridized carbons (Fsp3) is 0.400. The number of carbonyl (C=O) groups excluding carboxylic acids is 1. The number of rotatable bonds is 3. The minimum absolute atomic E-state index is 0.0392. The molecule has 1 amide bonds. The van der Waals surface area contributed by atoms with Gasteiger partial charge in [-0.05, 0) is 24.6 Å². The second-order valence-corrected chi connectivity index (χ2v) is 4.98. The quantitative estimate of drug-likeness (QED) is 0.822. The van der Waals surface area contributed by atoms with Gasteiger partial charge in [0, 0.05) is 29.9 Å². The lowest BCUT2D eigenvalue weighted by Gasteiger charge is -2.21. The third-order valence-electron chi connectivity index (χ3n) is 3.61. The average Bonchev–Trinajstić information content (AvgIpc) is 2.91. The second kappa shape index (κ2) is 5.75. The molecule has 0 bridgehead atoms. The summed E-state index contributed by atoms with van der Waals surface area (Å²) in [6, 6.07) is 7.57. The molecule has 1 aromatic carbocycles. The third kappa shape index (κ3) is 2.75. The van der Waals surface area contributed by atoms with Crippen molar-refractivity contribution >= 4 is 11.6 Å². The van der Waals surface area contributed by atoms with Crippen LogP contribution in [0.15, 0.2) is 35.4 Å². The van der Waals surface area contributed by atoms with Gasteiger partial charge in [0.15, 0.2) is 6.29 Å². The molecule has 2 N–H and O–H groups in total. The van der Waals surface area contributed by atoms with Crippen molar-refractivity contribution in [3.63, 3.8) is 0 Å². The zero-order valence-corrected chi connectivity index (χ0v) is 11.4. The lowest BCUT2D eigenvalue weighted by atomic mass is 10.0. The van der Waals surface area contributed by atoms with Crippen molar-refractivity contribution < 1.29 is 14.3 Å². The van der Waals surface area contributed by atoms with Gasteiger partial charge in [0.2, 0.25) is 0 Å². The summed E-state index contributed by atoms with van der Waals surface area (Å²) in [5, 5.41) is 6.04. The number of hydrogen-bond donors (Lipinski definition) is 2. The Hall–Kier alpha value is -1.69. The molecule has 0 aromatic heterocycles. The van der Waals surface area contributed by atoms with Gasteiger partial charge in [0.25, 0.3) is 5.91 Å². The Morgan fingerprint density at radius 2 is 1.85 bits per heavy atom. The van der Waals surface area contributed by atoms with Crippen LogP contribution in [0.5, 0.6) is 0 Å². The minimum atomic E-state index is -0.273. The molecule has 2 saturated heterocycles. The third-order valence-corrected chi connectivity index (χ3v) is 3.61. The zero-order chi connectivity index (χ0) is 13.9. The fourth-order valence-corrected chi connectivity index (χ4v) is 2.18. The zero-order valence-electron chi connectivity index (χ0n) is 11.4. The summed E-state index contributed by atoms with van der Waals surface area (Å²) in [5.74, 6) is -0.0392. The second-order valence-electron chi connectivity index (χ2n) is 4.98. The highest BCUT2D eigenvalue weighted by molar-refractivity contribution is 6.04. The van der Waals surface area contributed by atoms with E-state index in [-0.39, 0.29) is 12.2 Å². The van der Waals surface area contributed by atoms with Gasteiger partial charge in [-0.1, -0.05) is 12.1 Å². The predicted molar refractivity (Wildman–Crippen MR) is 75.3 cm³/mol. The van der Waals surface area contributed by atoms with Crippen LogP contribution in [0.4, 0.5) is 5.69 Å². The molecule has 2 heterocycles. The van der Waals surface area contributed by atoms with E-state index in [2.05, 4.69) is 10.6 Å². The van der Waals surface area contributed by atoms with Crippen molar-refractivity contribution in [1.82, 2.24) is 5.32 Å². The van der Waals surface area contributed by atoms with Crippen LogP contribution in [0.25, 0.3) is 0 Å². The number of ether oxygens (including phenoxy) is 2. The first-order valence-corrected chi connectivity index (χ1v) is 6.78. The molecular formula is C15H18N2O3. The standard InChI is InChI=1S/C15H18N2O3/c1-10(12-8-16-9-12)14(18)17-13-4-2-11(3-5-13)15-19-6-7-20-15/h2-5,15-16H,6-9H2,1H3,(H,17,18). The lowest BCUT2D eigenvalue weighted by Crippen LogP contribution is -2.36. The molecule has 0 spiro atoms. The Labute approximate surface area is 118 Å². The van der Waals surface area contributed by atoms with Gasteiger partial charge in [-0.3, -0.25) is 4.79 Å². The molecule has 2 aliphatic rings. The first-order chi connectivity index (χ1) is 9.74. The van der Waals surface area contributed by atoms with E-state index in [1.165, 1.54) is 5.57 Å². The van der Waals surface area contributed by atoms with E-state index in [9.17, 15) is 4.79 Å². The van der Waals surface area contributed by atoms with Gasteiger partial charge >= 0.3 is 0 Å². The number of carbonyl (C=O) groups is 1. The monoisotopic (exact) mass is 274 g/mol. The topological polar surface area (TPSA) is 59.6 Å². The van der Waals surface area contributed by atoms with Crippen molar-refractivity contribution in [2.75, 3.05) is 31.6 Å². The van der Waals surface area contributed by atoms with Gasteiger partial charge < -0.3 is 20.1 Å². The lowest BCUT2D eigenvalue weighted by molar-refractivity contribution is -0.112. The summed E-state index contributed by atoms with van der Waals surface area (Å²) in [6.45, 7) is 4.75. The summed E-state index contributed by atoms with van der Waals surface area (Å²) in [4.78, 5) is 12.0. The van der Waals surface area contributed by atoms with Crippen molar-refractivity contribution in [2.45, 2.75) is 13.2 Å². The molecule has 0 saturated carbocycles. The average molecular weight is 274 g/mol. The van der Waals surface area contributed by atoms with E-state index in [1.54, 1.807) is 0 Å². The summed E-state index contributed by atoms with van der Waals surface area (Å²) < 4.78 is 10.9. The van der Waals surface area contributed by atoms with E-state index in [4.69, 9.17) is 9.47 Å². The van der Waals surface area contributed by atoms with Crippen molar-refractivity contribution in [3.8, 4) is 0 Å². The van der Waals surface area contributed by atoms with Crippen LogP contribution in [0, 0.1) is 0 Å². The van der Waals surface area contributed by atoms with E-state index >= 15 is 0 Å². The highest BCUT2D eigenvalue weighted by Gasteiger charge is 2.19. The van der Waals surface area contributed by atoms with Gasteiger partial charge in [-0.25, -0.2) is 0 Å². The molecule has 0 atom stereocenters. The van der Waals surface area contributed by atoms with Crippen LogP contribution in [-0.4, -0.2) is 32.2 Å². The Kier molecular flexibility index (Phi) is 3.82. The molecule has 0 aliphatic carbocycles. The summed E-state index contributed by atoms with van der Waals surface area (Å²) >= 11 is 0. The van der Waals surface area contributed by atoms with Crippen LogP contribution in [0.3, 0.4) is 0 Å². The number of benzene rings is 1. The summed E-state index contributed by atoms with van der Waals surface area (Å²) in [7, 11) is 0. The number of nitrogens with one attached hydrogen (secondary N) is 2. The number of amides is 1. The van der Waals surface area contributed by atoms with Crippen molar-refractivity contribution in [2.24, 2.45) is 0 Å². The molecule has 0 unspecified atom stereocenters. The van der Waals surface area contributed by atoms with E-state index < -0.39 is 0 Å². The number of hydrogen-bond acceptors (Lipinski definition) is 4. The first kappa shape index (κ1) is 13.3. The molecule has 5 nitrogen and oxygen atoms in total. The van der Waals surface area contributed by atoms with Gasteiger partial charge in [0.05, 0.1) is 13.2 Å². The highest BCUT2D eigenvalue weighted by atomic mass is 16.7. The molecule has 0 radical (unpaired) electrons. The molecule has 1 aromatic rings. The van der Waals surface area contributed by atoms with Crippen LogP contribution < -0.4 is 10.6 Å². The van der Waals surface area contributed by atoms with E-state index in [1.807, 2.05) is 31.2 Å².